The largest absolute Gasteiger partial charge is 0.619 e. The fourth-order valence-corrected chi connectivity index (χ4v) is 3.48. The predicted molar refractivity (Wildman–Crippen MR) is 95.8 cm³/mol. The number of rotatable bonds is 2. The van der Waals surface area contributed by atoms with Crippen LogP contribution in [0.3, 0.4) is 0 Å². The minimum absolute atomic E-state index is 0.333. The zero-order valence-corrected chi connectivity index (χ0v) is 15.6. The molecule has 3 rings (SSSR count). The third-order valence-electron chi connectivity index (χ3n) is 3.67. The monoisotopic (exact) mass is 376 g/mol. The normalized spacial score (nSPS) is 13.9. The van der Waals surface area contributed by atoms with Gasteiger partial charge >= 0.3 is 6.09 Å². The summed E-state index contributed by atoms with van der Waals surface area (Å²) in [5.74, 6) is -0.333. The summed E-state index contributed by atoms with van der Waals surface area (Å²) >= 11 is 1.34. The zero-order valence-electron chi connectivity index (χ0n) is 14.8. The summed E-state index contributed by atoms with van der Waals surface area (Å²) < 4.78 is 6.02. The van der Waals surface area contributed by atoms with E-state index in [1.165, 1.54) is 35.9 Å². The van der Waals surface area contributed by atoms with E-state index in [1.54, 1.807) is 4.90 Å². The zero-order chi connectivity index (χ0) is 18.9. The van der Waals surface area contributed by atoms with Gasteiger partial charge in [0.15, 0.2) is 17.5 Å². The number of thiazole rings is 1. The molecule has 26 heavy (non-hydrogen) atoms. The molecular formula is C17H20N4O4S. The van der Waals surface area contributed by atoms with Crippen LogP contribution in [0.2, 0.25) is 0 Å². The average Bonchev–Trinajstić information content (AvgIpc) is 2.95. The van der Waals surface area contributed by atoms with Gasteiger partial charge in [0.2, 0.25) is 0 Å². The highest BCUT2D eigenvalue weighted by molar-refractivity contribution is 7.15. The summed E-state index contributed by atoms with van der Waals surface area (Å²) in [6.07, 6.45) is 2.79. The minimum atomic E-state index is -0.540. The lowest BCUT2D eigenvalue weighted by Gasteiger charge is -2.29. The van der Waals surface area contributed by atoms with Gasteiger partial charge in [-0.25, -0.2) is 9.78 Å². The molecule has 1 N–H and O–H groups in total. The van der Waals surface area contributed by atoms with Crippen molar-refractivity contribution in [2.45, 2.75) is 39.3 Å². The van der Waals surface area contributed by atoms with Gasteiger partial charge in [0, 0.05) is 30.0 Å². The second-order valence-corrected chi connectivity index (χ2v) is 8.03. The fourth-order valence-electron chi connectivity index (χ4n) is 2.46. The van der Waals surface area contributed by atoms with E-state index in [4.69, 9.17) is 4.74 Å². The third-order valence-corrected chi connectivity index (χ3v) is 4.67. The predicted octanol–water partition coefficient (Wildman–Crippen LogP) is 2.32. The second-order valence-electron chi connectivity index (χ2n) is 6.94. The van der Waals surface area contributed by atoms with Crippen LogP contribution in [0.15, 0.2) is 24.5 Å². The van der Waals surface area contributed by atoms with Crippen LogP contribution in [-0.4, -0.2) is 34.0 Å². The highest BCUT2D eigenvalue weighted by Crippen LogP contribution is 2.29. The molecule has 0 aliphatic carbocycles. The number of ether oxygens (including phenoxy) is 1. The van der Waals surface area contributed by atoms with E-state index >= 15 is 0 Å². The molecule has 0 saturated carbocycles. The molecule has 1 aliphatic heterocycles. The number of nitrogens with zero attached hydrogens (tertiary/aromatic N) is 3. The highest BCUT2D eigenvalue weighted by Gasteiger charge is 2.28. The quantitative estimate of drug-likeness (QED) is 0.641. The Labute approximate surface area is 155 Å². The van der Waals surface area contributed by atoms with Crippen molar-refractivity contribution in [1.29, 1.82) is 0 Å². The molecule has 0 aromatic carbocycles. The summed E-state index contributed by atoms with van der Waals surface area (Å²) in [7, 11) is 0. The first-order valence-corrected chi connectivity index (χ1v) is 8.99. The molecule has 0 fully saturated rings. The van der Waals surface area contributed by atoms with Crippen LogP contribution in [0.4, 0.5) is 9.93 Å². The smallest absolute Gasteiger partial charge is 0.410 e. The van der Waals surface area contributed by atoms with Crippen LogP contribution in [0.25, 0.3) is 0 Å². The Hall–Kier alpha value is -2.68. The minimum Gasteiger partial charge on any atom is -0.619 e. The molecule has 0 spiro atoms. The summed E-state index contributed by atoms with van der Waals surface area (Å²) in [6, 6.07) is 2.89. The third kappa shape index (κ3) is 4.29. The van der Waals surface area contributed by atoms with Gasteiger partial charge in [-0.3, -0.25) is 10.1 Å². The molecule has 0 radical (unpaired) electrons. The van der Waals surface area contributed by atoms with E-state index in [1.807, 2.05) is 20.8 Å². The van der Waals surface area contributed by atoms with Crippen molar-refractivity contribution >= 4 is 28.5 Å². The summed E-state index contributed by atoms with van der Waals surface area (Å²) in [5.41, 5.74) is 0.721. The average molecular weight is 376 g/mol. The van der Waals surface area contributed by atoms with Crippen LogP contribution >= 0.6 is 11.3 Å². The standard InChI is InChI=1S/C17H20N4O4S/c1-17(2,3)25-16(23)20-7-6-12-13(10-20)26-15(18-12)19-14(22)11-4-8-21(24)9-5-11/h4-5,8-9H,6-7,10H2,1-3H3,(H,18,19,22). The van der Waals surface area contributed by atoms with Crippen LogP contribution in [-0.2, 0) is 17.7 Å². The molecule has 8 nitrogen and oxygen atoms in total. The molecule has 3 heterocycles. The lowest BCUT2D eigenvalue weighted by Crippen LogP contribution is -2.39. The number of hydrogen-bond acceptors (Lipinski definition) is 6. The van der Waals surface area contributed by atoms with Crippen molar-refractivity contribution < 1.29 is 19.1 Å². The molecular weight excluding hydrogens is 356 g/mol. The number of fused-ring (bicyclic) bond motifs is 1. The second kappa shape index (κ2) is 6.91. The van der Waals surface area contributed by atoms with Crippen LogP contribution in [0.5, 0.6) is 0 Å². The first-order valence-electron chi connectivity index (χ1n) is 8.18. The van der Waals surface area contributed by atoms with Crippen molar-refractivity contribution in [1.82, 2.24) is 9.88 Å². The Morgan fingerprint density at radius 3 is 2.69 bits per heavy atom. The lowest BCUT2D eigenvalue weighted by atomic mass is 10.2. The van der Waals surface area contributed by atoms with Gasteiger partial charge in [0.1, 0.15) is 5.60 Å². The van der Waals surface area contributed by atoms with Crippen LogP contribution in [0.1, 0.15) is 41.7 Å². The van der Waals surface area contributed by atoms with Crippen molar-refractivity contribution in [2.24, 2.45) is 0 Å². The number of amides is 2. The molecule has 9 heteroatoms. The summed E-state index contributed by atoms with van der Waals surface area (Å²) in [5, 5.41) is 14.3. The van der Waals surface area contributed by atoms with Crippen LogP contribution < -0.4 is 10.0 Å². The Kier molecular flexibility index (Phi) is 4.82. The summed E-state index contributed by atoms with van der Waals surface area (Å²) in [6.45, 7) is 6.44. The Morgan fingerprint density at radius 1 is 1.35 bits per heavy atom. The van der Waals surface area contributed by atoms with Gasteiger partial charge in [0.25, 0.3) is 5.91 Å². The first-order chi connectivity index (χ1) is 12.2. The highest BCUT2D eigenvalue weighted by atomic mass is 32.1. The molecule has 138 valence electrons. The number of aromatic nitrogens is 2. The Bertz CT molecular complexity index is 826. The van der Waals surface area contributed by atoms with E-state index in [0.717, 1.165) is 10.6 Å². The number of nitrogens with one attached hydrogen (secondary N) is 1. The van der Waals surface area contributed by atoms with Gasteiger partial charge in [-0.1, -0.05) is 11.3 Å². The van der Waals surface area contributed by atoms with Gasteiger partial charge in [0.05, 0.1) is 17.8 Å². The van der Waals surface area contributed by atoms with Gasteiger partial charge in [-0.15, -0.1) is 0 Å². The fraction of sp³-hybridized carbons (Fsp3) is 0.412. The Morgan fingerprint density at radius 2 is 2.04 bits per heavy atom. The van der Waals surface area contributed by atoms with Gasteiger partial charge < -0.3 is 14.8 Å². The maximum absolute atomic E-state index is 12.2. The SMILES string of the molecule is CC(C)(C)OC(=O)N1CCc2nc(NC(=O)c3cc[n+]([O-])cc3)sc2C1. The van der Waals surface area contributed by atoms with Crippen LogP contribution in [0, 0.1) is 5.21 Å². The molecule has 0 unspecified atom stereocenters. The van der Waals surface area contributed by atoms with E-state index in [9.17, 15) is 14.8 Å². The maximum Gasteiger partial charge on any atom is 0.410 e. The van der Waals surface area contributed by atoms with E-state index < -0.39 is 5.60 Å². The van der Waals surface area contributed by atoms with Crippen molar-refractivity contribution in [3.8, 4) is 0 Å². The number of hydrogen-bond donors (Lipinski definition) is 1. The molecule has 2 amide bonds. The first kappa shape index (κ1) is 18.1. The molecule has 0 atom stereocenters. The number of pyridine rings is 1. The molecule has 0 saturated heterocycles. The van der Waals surface area contributed by atoms with Crippen molar-refractivity contribution in [2.75, 3.05) is 11.9 Å². The Balaban J connectivity index is 1.66. The van der Waals surface area contributed by atoms with Crippen molar-refractivity contribution in [3.05, 3.63) is 45.9 Å². The lowest BCUT2D eigenvalue weighted by molar-refractivity contribution is -0.605. The molecule has 2 aromatic rings. The van der Waals surface area contributed by atoms with Crippen molar-refractivity contribution in [3.63, 3.8) is 0 Å². The van der Waals surface area contributed by atoms with Gasteiger partial charge in [-0.05, 0) is 20.8 Å². The van der Waals surface area contributed by atoms with E-state index in [0.29, 0.717) is 34.9 Å². The number of anilines is 1. The maximum atomic E-state index is 12.2. The van der Waals surface area contributed by atoms with E-state index in [-0.39, 0.29) is 12.0 Å². The molecule has 2 aromatic heterocycles. The summed E-state index contributed by atoms with van der Waals surface area (Å²) in [4.78, 5) is 31.5. The molecule has 1 aliphatic rings. The molecule has 0 bridgehead atoms. The van der Waals surface area contributed by atoms with E-state index in [2.05, 4.69) is 10.3 Å². The van der Waals surface area contributed by atoms with Gasteiger partial charge in [-0.2, -0.15) is 4.73 Å². The number of carbonyl (C=O) groups excluding carboxylic acids is 2. The number of carbonyl (C=O) groups is 2. The topological polar surface area (TPSA) is 98.5 Å².